The van der Waals surface area contributed by atoms with Gasteiger partial charge in [0.25, 0.3) is 0 Å². The van der Waals surface area contributed by atoms with E-state index in [-0.39, 0.29) is 5.95 Å². The van der Waals surface area contributed by atoms with Crippen molar-refractivity contribution in [2.75, 3.05) is 11.5 Å². The molecule has 0 aliphatic heterocycles. The predicted octanol–water partition coefficient (Wildman–Crippen LogP) is 0.189. The second-order valence-corrected chi connectivity index (χ2v) is 2.34. The summed E-state index contributed by atoms with van der Waals surface area (Å²) in [7, 11) is 0. The van der Waals surface area contributed by atoms with E-state index in [9.17, 15) is 0 Å². The van der Waals surface area contributed by atoms with E-state index in [2.05, 4.69) is 15.0 Å². The molecule has 0 aliphatic rings. The van der Waals surface area contributed by atoms with Gasteiger partial charge in [-0.2, -0.15) is 9.97 Å². The molecule has 12 heavy (non-hydrogen) atoms. The van der Waals surface area contributed by atoms with Crippen LogP contribution >= 0.6 is 0 Å². The van der Waals surface area contributed by atoms with Crippen LogP contribution in [0.3, 0.4) is 0 Å². The van der Waals surface area contributed by atoms with Gasteiger partial charge in [-0.1, -0.05) is 0 Å². The Morgan fingerprint density at radius 2 is 2.00 bits per heavy atom. The van der Waals surface area contributed by atoms with Gasteiger partial charge in [0.15, 0.2) is 5.65 Å². The average Bonchev–Trinajstić information content (AvgIpc) is 2.04. The van der Waals surface area contributed by atoms with Crippen LogP contribution in [-0.4, -0.2) is 15.0 Å². The first-order valence-electron chi connectivity index (χ1n) is 3.41. The molecule has 0 aromatic carbocycles. The van der Waals surface area contributed by atoms with Crippen LogP contribution in [0.5, 0.6) is 0 Å². The van der Waals surface area contributed by atoms with E-state index in [0.717, 1.165) is 5.39 Å². The summed E-state index contributed by atoms with van der Waals surface area (Å²) in [6.45, 7) is 0. The Morgan fingerprint density at radius 1 is 1.17 bits per heavy atom. The molecule has 0 radical (unpaired) electrons. The highest BCUT2D eigenvalue weighted by Crippen LogP contribution is 2.14. The van der Waals surface area contributed by atoms with Gasteiger partial charge in [0.05, 0.1) is 5.39 Å². The van der Waals surface area contributed by atoms with Gasteiger partial charge in [0.1, 0.15) is 5.82 Å². The van der Waals surface area contributed by atoms with Gasteiger partial charge in [-0.25, -0.2) is 4.98 Å². The van der Waals surface area contributed by atoms with Crippen LogP contribution < -0.4 is 11.5 Å². The number of rotatable bonds is 0. The Balaban J connectivity index is 2.89. The van der Waals surface area contributed by atoms with Gasteiger partial charge in [-0.3, -0.25) is 0 Å². The van der Waals surface area contributed by atoms with Crippen molar-refractivity contribution in [3.8, 4) is 0 Å². The highest BCUT2D eigenvalue weighted by Gasteiger charge is 2.01. The average molecular weight is 161 g/mol. The van der Waals surface area contributed by atoms with Gasteiger partial charge in [-0.15, -0.1) is 0 Å². The number of aromatic nitrogens is 3. The minimum absolute atomic E-state index is 0.152. The molecule has 0 aliphatic carbocycles. The summed E-state index contributed by atoms with van der Waals surface area (Å²) in [5.74, 6) is 0.518. The molecule has 0 amide bonds. The number of nitrogens with two attached hydrogens (primary N) is 2. The first-order chi connectivity index (χ1) is 5.77. The molecule has 4 N–H and O–H groups in total. The van der Waals surface area contributed by atoms with Crippen LogP contribution in [0, 0.1) is 0 Å². The zero-order valence-electron chi connectivity index (χ0n) is 6.23. The minimum Gasteiger partial charge on any atom is -0.383 e. The van der Waals surface area contributed by atoms with E-state index in [1.54, 1.807) is 18.3 Å². The fourth-order valence-corrected chi connectivity index (χ4v) is 1.00. The number of pyridine rings is 1. The SMILES string of the molecule is Nc1nc(N)c2cccnc2n1. The lowest BCUT2D eigenvalue weighted by atomic mass is 10.3. The Bertz CT molecular complexity index is 425. The van der Waals surface area contributed by atoms with Crippen molar-refractivity contribution >= 4 is 22.8 Å². The molecule has 0 unspecified atom stereocenters. The number of hydrogen-bond acceptors (Lipinski definition) is 5. The number of anilines is 2. The van der Waals surface area contributed by atoms with Gasteiger partial charge < -0.3 is 11.5 Å². The third-order valence-electron chi connectivity index (χ3n) is 1.52. The minimum atomic E-state index is 0.152. The van der Waals surface area contributed by atoms with Gasteiger partial charge in [-0.05, 0) is 12.1 Å². The molecule has 2 rings (SSSR count). The molecule has 5 heteroatoms. The smallest absolute Gasteiger partial charge is 0.224 e. The van der Waals surface area contributed by atoms with Crippen LogP contribution in [0.25, 0.3) is 11.0 Å². The molecular weight excluding hydrogens is 154 g/mol. The van der Waals surface area contributed by atoms with E-state index >= 15 is 0 Å². The van der Waals surface area contributed by atoms with E-state index in [1.807, 2.05) is 0 Å². The fourth-order valence-electron chi connectivity index (χ4n) is 1.00. The maximum absolute atomic E-state index is 5.59. The topological polar surface area (TPSA) is 90.7 Å². The third-order valence-corrected chi connectivity index (χ3v) is 1.52. The summed E-state index contributed by atoms with van der Waals surface area (Å²) >= 11 is 0. The van der Waals surface area contributed by atoms with E-state index in [1.165, 1.54) is 0 Å². The van der Waals surface area contributed by atoms with Crippen molar-refractivity contribution in [1.82, 2.24) is 15.0 Å². The third kappa shape index (κ3) is 0.914. The molecule has 2 aromatic rings. The van der Waals surface area contributed by atoms with Crippen molar-refractivity contribution < 1.29 is 0 Å². The van der Waals surface area contributed by atoms with Crippen LogP contribution in [0.4, 0.5) is 11.8 Å². The Kier molecular flexibility index (Phi) is 1.30. The second kappa shape index (κ2) is 2.30. The molecule has 0 saturated heterocycles. The number of nitrogen functional groups attached to an aromatic ring is 2. The summed E-state index contributed by atoms with van der Waals surface area (Å²) in [5, 5.41) is 0.728. The van der Waals surface area contributed by atoms with Gasteiger partial charge in [0, 0.05) is 6.20 Å². The molecule has 0 spiro atoms. The Morgan fingerprint density at radius 3 is 2.83 bits per heavy atom. The Labute approximate surface area is 68.5 Å². The molecule has 0 fully saturated rings. The molecule has 60 valence electrons. The molecule has 0 saturated carbocycles. The summed E-state index contributed by atoms with van der Waals surface area (Å²) in [5.41, 5.74) is 11.5. The quantitative estimate of drug-likeness (QED) is 0.575. The first-order valence-corrected chi connectivity index (χ1v) is 3.41. The lowest BCUT2D eigenvalue weighted by Gasteiger charge is -1.99. The number of nitrogens with zero attached hydrogens (tertiary/aromatic N) is 3. The highest BCUT2D eigenvalue weighted by molar-refractivity contribution is 5.85. The molecular formula is C7H7N5. The summed E-state index contributed by atoms with van der Waals surface area (Å²) in [4.78, 5) is 11.7. The van der Waals surface area contributed by atoms with Crippen molar-refractivity contribution in [2.24, 2.45) is 0 Å². The van der Waals surface area contributed by atoms with Crippen LogP contribution in [-0.2, 0) is 0 Å². The molecule has 0 bridgehead atoms. The first kappa shape index (κ1) is 6.78. The monoisotopic (exact) mass is 161 g/mol. The normalized spacial score (nSPS) is 10.3. The molecule has 2 aromatic heterocycles. The van der Waals surface area contributed by atoms with Crippen LogP contribution in [0.2, 0.25) is 0 Å². The van der Waals surface area contributed by atoms with Crippen molar-refractivity contribution in [2.45, 2.75) is 0 Å². The maximum Gasteiger partial charge on any atom is 0.224 e. The fraction of sp³-hybridized carbons (Fsp3) is 0. The Hall–Kier alpha value is -1.91. The lowest BCUT2D eigenvalue weighted by Crippen LogP contribution is -2.00. The molecule has 0 atom stereocenters. The van der Waals surface area contributed by atoms with Gasteiger partial charge in [0.2, 0.25) is 5.95 Å². The lowest BCUT2D eigenvalue weighted by molar-refractivity contribution is 1.20. The van der Waals surface area contributed by atoms with Crippen molar-refractivity contribution in [3.63, 3.8) is 0 Å². The number of fused-ring (bicyclic) bond motifs is 1. The van der Waals surface area contributed by atoms with Crippen LogP contribution in [0.1, 0.15) is 0 Å². The van der Waals surface area contributed by atoms with E-state index in [4.69, 9.17) is 11.5 Å². The summed E-state index contributed by atoms with van der Waals surface area (Å²) in [6, 6.07) is 3.58. The highest BCUT2D eigenvalue weighted by atomic mass is 15.1. The van der Waals surface area contributed by atoms with Crippen molar-refractivity contribution in [1.29, 1.82) is 0 Å². The predicted molar refractivity (Wildman–Crippen MR) is 46.2 cm³/mol. The van der Waals surface area contributed by atoms with Crippen LogP contribution in [0.15, 0.2) is 18.3 Å². The molecule has 5 nitrogen and oxygen atoms in total. The van der Waals surface area contributed by atoms with Gasteiger partial charge >= 0.3 is 0 Å². The summed E-state index contributed by atoms with van der Waals surface area (Å²) < 4.78 is 0. The standard InChI is InChI=1S/C7H7N5/c8-5-4-2-1-3-10-6(4)12-7(9)11-5/h1-3H,(H4,8,9,10,11,12). The molecule has 2 heterocycles. The second-order valence-electron chi connectivity index (χ2n) is 2.34. The number of hydrogen-bond donors (Lipinski definition) is 2. The largest absolute Gasteiger partial charge is 0.383 e. The summed E-state index contributed by atoms with van der Waals surface area (Å²) in [6.07, 6.45) is 1.63. The van der Waals surface area contributed by atoms with E-state index in [0.29, 0.717) is 11.5 Å². The van der Waals surface area contributed by atoms with Crippen molar-refractivity contribution in [3.05, 3.63) is 18.3 Å². The van der Waals surface area contributed by atoms with E-state index < -0.39 is 0 Å². The zero-order valence-corrected chi connectivity index (χ0v) is 6.23. The maximum atomic E-state index is 5.59. The zero-order chi connectivity index (χ0) is 8.55.